The minimum Gasteiger partial charge on any atom is -0.476 e. The van der Waals surface area contributed by atoms with Crippen molar-refractivity contribution in [1.29, 1.82) is 0 Å². The second-order valence-electron chi connectivity index (χ2n) is 5.19. The molecule has 25 heavy (non-hydrogen) atoms. The molecule has 0 aliphatic rings. The van der Waals surface area contributed by atoms with Crippen molar-refractivity contribution < 1.29 is 23.1 Å². The lowest BCUT2D eigenvalue weighted by Gasteiger charge is -2.10. The molecule has 0 saturated carbocycles. The third kappa shape index (κ3) is 3.20. The maximum absolute atomic E-state index is 13.2. The number of aryl methyl sites for hydroxylation is 2. The van der Waals surface area contributed by atoms with Gasteiger partial charge in [0.25, 0.3) is 5.95 Å². The molecule has 0 atom stereocenters. The SMILES string of the molecule is Cc1nn(C)cc1-c1cc(C(F)(F)F)nc(-n2ccc(C(=O)O)n2)n1. The maximum atomic E-state index is 13.2. The first-order chi connectivity index (χ1) is 11.6. The standard InChI is InChI=1S/C14H11F3N6O2/c1-7-8(6-22(2)20-7)10-5-11(14(15,16)17)19-13(18-10)23-4-3-9(21-23)12(24)25/h3-6H,1-2H3,(H,24,25). The summed E-state index contributed by atoms with van der Waals surface area (Å²) in [5.74, 6) is -1.70. The van der Waals surface area contributed by atoms with E-state index in [9.17, 15) is 18.0 Å². The molecular formula is C14H11F3N6O2. The number of carboxylic acid groups (broad SMARTS) is 1. The topological polar surface area (TPSA) is 98.7 Å². The third-order valence-corrected chi connectivity index (χ3v) is 3.31. The van der Waals surface area contributed by atoms with Crippen LogP contribution in [-0.2, 0) is 13.2 Å². The van der Waals surface area contributed by atoms with Crippen molar-refractivity contribution in [3.63, 3.8) is 0 Å². The molecule has 3 rings (SSSR count). The van der Waals surface area contributed by atoms with Crippen molar-refractivity contribution in [2.45, 2.75) is 13.1 Å². The average Bonchev–Trinajstić information content (AvgIpc) is 3.12. The van der Waals surface area contributed by atoms with Gasteiger partial charge in [-0.1, -0.05) is 0 Å². The van der Waals surface area contributed by atoms with Crippen LogP contribution in [0.3, 0.4) is 0 Å². The maximum Gasteiger partial charge on any atom is 0.433 e. The van der Waals surface area contributed by atoms with Gasteiger partial charge in [-0.25, -0.2) is 19.4 Å². The van der Waals surface area contributed by atoms with Crippen LogP contribution in [0.15, 0.2) is 24.5 Å². The van der Waals surface area contributed by atoms with Crippen LogP contribution >= 0.6 is 0 Å². The summed E-state index contributed by atoms with van der Waals surface area (Å²) in [6.07, 6.45) is -1.99. The molecular weight excluding hydrogens is 341 g/mol. The number of nitrogens with zero attached hydrogens (tertiary/aromatic N) is 6. The van der Waals surface area contributed by atoms with Crippen molar-refractivity contribution in [3.8, 4) is 17.2 Å². The van der Waals surface area contributed by atoms with E-state index in [0.29, 0.717) is 11.3 Å². The number of carboxylic acids is 1. The first kappa shape index (κ1) is 16.6. The molecule has 0 radical (unpaired) electrons. The second-order valence-corrected chi connectivity index (χ2v) is 5.19. The quantitative estimate of drug-likeness (QED) is 0.775. The summed E-state index contributed by atoms with van der Waals surface area (Å²) in [5, 5.41) is 16.6. The predicted molar refractivity (Wildman–Crippen MR) is 78.1 cm³/mol. The minimum atomic E-state index is -4.70. The number of aromatic carboxylic acids is 1. The van der Waals surface area contributed by atoms with Crippen LogP contribution in [-0.4, -0.2) is 40.6 Å². The van der Waals surface area contributed by atoms with E-state index in [1.807, 2.05) is 0 Å². The zero-order chi connectivity index (χ0) is 18.4. The van der Waals surface area contributed by atoms with Crippen LogP contribution in [0.2, 0.25) is 0 Å². The number of aromatic nitrogens is 6. The van der Waals surface area contributed by atoms with Crippen LogP contribution in [0.25, 0.3) is 17.2 Å². The summed E-state index contributed by atoms with van der Waals surface area (Å²) < 4.78 is 41.9. The molecule has 0 saturated heterocycles. The highest BCUT2D eigenvalue weighted by Gasteiger charge is 2.34. The van der Waals surface area contributed by atoms with Crippen molar-refractivity contribution in [2.24, 2.45) is 7.05 Å². The summed E-state index contributed by atoms with van der Waals surface area (Å²) in [6.45, 7) is 1.64. The monoisotopic (exact) mass is 352 g/mol. The van der Waals surface area contributed by atoms with Crippen molar-refractivity contribution in [2.75, 3.05) is 0 Å². The Morgan fingerprint density at radius 3 is 2.48 bits per heavy atom. The normalized spacial score (nSPS) is 11.7. The van der Waals surface area contributed by atoms with Crippen molar-refractivity contribution in [3.05, 3.63) is 41.6 Å². The number of alkyl halides is 3. The van der Waals surface area contributed by atoms with Gasteiger partial charge in [-0.3, -0.25) is 4.68 Å². The molecule has 8 nitrogen and oxygen atoms in total. The zero-order valence-electron chi connectivity index (χ0n) is 13.0. The predicted octanol–water partition coefficient (Wildman–Crippen LogP) is 2.09. The van der Waals surface area contributed by atoms with Gasteiger partial charge in [0.2, 0.25) is 0 Å². The number of hydrogen-bond donors (Lipinski definition) is 1. The number of halogens is 3. The molecule has 0 amide bonds. The van der Waals surface area contributed by atoms with Gasteiger partial charge in [0.1, 0.15) is 0 Å². The fourth-order valence-corrected chi connectivity index (χ4v) is 2.22. The lowest BCUT2D eigenvalue weighted by Crippen LogP contribution is -2.13. The summed E-state index contributed by atoms with van der Waals surface area (Å²) in [5.41, 5.74) is -0.590. The Labute approximate surface area is 138 Å². The van der Waals surface area contributed by atoms with Crippen LogP contribution < -0.4 is 0 Å². The van der Waals surface area contributed by atoms with Gasteiger partial charge in [0, 0.05) is 25.0 Å². The van der Waals surface area contributed by atoms with Gasteiger partial charge in [-0.2, -0.15) is 23.4 Å². The van der Waals surface area contributed by atoms with Crippen LogP contribution in [0, 0.1) is 6.92 Å². The Kier molecular flexibility index (Phi) is 3.78. The molecule has 3 aromatic heterocycles. The van der Waals surface area contributed by atoms with Gasteiger partial charge in [0.05, 0.1) is 11.4 Å². The van der Waals surface area contributed by atoms with E-state index >= 15 is 0 Å². The van der Waals surface area contributed by atoms with Crippen LogP contribution in [0.4, 0.5) is 13.2 Å². The van der Waals surface area contributed by atoms with E-state index in [0.717, 1.165) is 16.8 Å². The van der Waals surface area contributed by atoms with Crippen molar-refractivity contribution in [1.82, 2.24) is 29.5 Å². The largest absolute Gasteiger partial charge is 0.476 e. The molecule has 0 aliphatic heterocycles. The number of hydrogen-bond acceptors (Lipinski definition) is 5. The van der Waals surface area contributed by atoms with E-state index in [-0.39, 0.29) is 17.3 Å². The van der Waals surface area contributed by atoms with E-state index in [1.165, 1.54) is 17.1 Å². The molecule has 0 aromatic carbocycles. The molecule has 3 heterocycles. The zero-order valence-corrected chi connectivity index (χ0v) is 13.0. The molecule has 0 bridgehead atoms. The first-order valence-electron chi connectivity index (χ1n) is 6.91. The Morgan fingerprint density at radius 1 is 1.24 bits per heavy atom. The minimum absolute atomic E-state index is 0.00954. The summed E-state index contributed by atoms with van der Waals surface area (Å²) in [7, 11) is 1.63. The molecule has 0 fully saturated rings. The first-order valence-corrected chi connectivity index (χ1v) is 6.91. The van der Waals surface area contributed by atoms with Crippen LogP contribution in [0.5, 0.6) is 0 Å². The number of carbonyl (C=O) groups is 1. The summed E-state index contributed by atoms with van der Waals surface area (Å²) in [6, 6.07) is 1.95. The Balaban J connectivity index is 2.19. The van der Waals surface area contributed by atoms with Gasteiger partial charge in [-0.05, 0) is 19.1 Å². The van der Waals surface area contributed by atoms with Gasteiger partial charge >= 0.3 is 12.1 Å². The molecule has 0 spiro atoms. The summed E-state index contributed by atoms with van der Waals surface area (Å²) >= 11 is 0. The fraction of sp³-hybridized carbons (Fsp3) is 0.214. The molecule has 0 unspecified atom stereocenters. The molecule has 3 aromatic rings. The van der Waals surface area contributed by atoms with Crippen LogP contribution in [0.1, 0.15) is 21.9 Å². The van der Waals surface area contributed by atoms with Gasteiger partial charge in [-0.15, -0.1) is 0 Å². The van der Waals surface area contributed by atoms with Gasteiger partial charge < -0.3 is 5.11 Å². The highest BCUT2D eigenvalue weighted by atomic mass is 19.4. The van der Waals surface area contributed by atoms with Crippen molar-refractivity contribution >= 4 is 5.97 Å². The second kappa shape index (κ2) is 5.69. The molecule has 130 valence electrons. The average molecular weight is 352 g/mol. The lowest BCUT2D eigenvalue weighted by atomic mass is 10.1. The highest BCUT2D eigenvalue weighted by Crippen LogP contribution is 2.31. The fourth-order valence-electron chi connectivity index (χ4n) is 2.22. The van der Waals surface area contributed by atoms with Gasteiger partial charge in [0.15, 0.2) is 11.4 Å². The van der Waals surface area contributed by atoms with E-state index in [2.05, 4.69) is 20.2 Å². The molecule has 1 N–H and O–H groups in total. The number of rotatable bonds is 3. The Bertz CT molecular complexity index is 960. The highest BCUT2D eigenvalue weighted by molar-refractivity contribution is 5.85. The third-order valence-electron chi connectivity index (χ3n) is 3.31. The lowest BCUT2D eigenvalue weighted by molar-refractivity contribution is -0.141. The molecule has 11 heteroatoms. The van der Waals surface area contributed by atoms with E-state index < -0.39 is 17.8 Å². The van der Waals surface area contributed by atoms with E-state index in [4.69, 9.17) is 5.11 Å². The molecule has 0 aliphatic carbocycles. The smallest absolute Gasteiger partial charge is 0.433 e. The Hall–Kier alpha value is -3.24. The summed E-state index contributed by atoms with van der Waals surface area (Å²) in [4.78, 5) is 18.4. The Morgan fingerprint density at radius 2 is 1.96 bits per heavy atom. The van der Waals surface area contributed by atoms with E-state index in [1.54, 1.807) is 14.0 Å².